The van der Waals surface area contributed by atoms with Crippen LogP contribution in [0.1, 0.15) is 38.2 Å². The molecule has 2 aromatic rings. The zero-order chi connectivity index (χ0) is 23.7. The van der Waals surface area contributed by atoms with Crippen LogP contribution in [0.5, 0.6) is 5.75 Å². The third kappa shape index (κ3) is 7.03. The minimum atomic E-state index is -3.64. The van der Waals surface area contributed by atoms with Crippen molar-refractivity contribution in [2.45, 2.75) is 43.9 Å². The van der Waals surface area contributed by atoms with Gasteiger partial charge in [0.1, 0.15) is 5.75 Å². The summed E-state index contributed by atoms with van der Waals surface area (Å²) < 4.78 is 33.1. The Labute approximate surface area is 195 Å². The van der Waals surface area contributed by atoms with E-state index >= 15 is 0 Å². The van der Waals surface area contributed by atoms with Gasteiger partial charge in [0.25, 0.3) is 0 Å². The van der Waals surface area contributed by atoms with Gasteiger partial charge in [0.15, 0.2) is 0 Å². The van der Waals surface area contributed by atoms with Crippen molar-refractivity contribution in [1.82, 2.24) is 9.62 Å². The van der Waals surface area contributed by atoms with Crippen LogP contribution in [0.4, 0.5) is 5.69 Å². The van der Waals surface area contributed by atoms with Gasteiger partial charge < -0.3 is 15.4 Å². The summed E-state index contributed by atoms with van der Waals surface area (Å²) in [5, 5.41) is 5.47. The molecular formula is C24H31N3O5S. The van der Waals surface area contributed by atoms with E-state index < -0.39 is 10.0 Å². The molecule has 0 aliphatic carbocycles. The van der Waals surface area contributed by atoms with Crippen LogP contribution in [0.15, 0.2) is 53.4 Å². The van der Waals surface area contributed by atoms with Crippen LogP contribution in [0.3, 0.4) is 0 Å². The zero-order valence-electron chi connectivity index (χ0n) is 18.9. The minimum Gasteiger partial charge on any atom is -0.492 e. The summed E-state index contributed by atoms with van der Waals surface area (Å²) in [7, 11) is -3.64. The summed E-state index contributed by atoms with van der Waals surface area (Å²) in [6.45, 7) is 3.36. The lowest BCUT2D eigenvalue weighted by Crippen LogP contribution is -2.35. The second-order valence-corrected chi connectivity index (χ2v) is 9.80. The SMILES string of the molecule is CCOc1ccc(S(=O)(=O)N2CCCCC2)cc1NC(=O)CCNC(=O)Cc1ccccc1. The largest absolute Gasteiger partial charge is 0.492 e. The van der Waals surface area contributed by atoms with E-state index in [0.29, 0.717) is 31.1 Å². The number of hydrogen-bond acceptors (Lipinski definition) is 5. The van der Waals surface area contributed by atoms with E-state index in [1.165, 1.54) is 16.4 Å². The number of nitrogens with zero attached hydrogens (tertiary/aromatic N) is 1. The Kier molecular flexibility index (Phi) is 8.85. The molecule has 0 spiro atoms. The number of hydrogen-bond donors (Lipinski definition) is 2. The van der Waals surface area contributed by atoms with Gasteiger partial charge in [-0.05, 0) is 43.5 Å². The highest BCUT2D eigenvalue weighted by Crippen LogP contribution is 2.30. The molecule has 8 nitrogen and oxygen atoms in total. The predicted octanol–water partition coefficient (Wildman–Crippen LogP) is 2.95. The maximum Gasteiger partial charge on any atom is 0.243 e. The number of nitrogens with one attached hydrogen (secondary N) is 2. The average Bonchev–Trinajstić information content (AvgIpc) is 2.81. The normalized spacial score (nSPS) is 14.5. The molecule has 2 amide bonds. The minimum absolute atomic E-state index is 0.0508. The topological polar surface area (TPSA) is 105 Å². The number of ether oxygens (including phenoxy) is 1. The molecule has 1 aliphatic heterocycles. The van der Waals surface area contributed by atoms with Gasteiger partial charge in [0, 0.05) is 26.1 Å². The maximum absolute atomic E-state index is 13.0. The van der Waals surface area contributed by atoms with Crippen molar-refractivity contribution < 1.29 is 22.7 Å². The van der Waals surface area contributed by atoms with Gasteiger partial charge in [-0.1, -0.05) is 36.8 Å². The molecule has 0 unspecified atom stereocenters. The number of benzene rings is 2. The first kappa shape index (κ1) is 24.7. The lowest BCUT2D eigenvalue weighted by molar-refractivity contribution is -0.120. The fourth-order valence-electron chi connectivity index (χ4n) is 3.67. The van der Waals surface area contributed by atoms with Gasteiger partial charge in [0.05, 0.1) is 23.6 Å². The van der Waals surface area contributed by atoms with Crippen LogP contribution in [0.25, 0.3) is 0 Å². The van der Waals surface area contributed by atoms with E-state index in [1.807, 2.05) is 37.3 Å². The summed E-state index contributed by atoms with van der Waals surface area (Å²) in [4.78, 5) is 24.7. The van der Waals surface area contributed by atoms with Crippen molar-refractivity contribution >= 4 is 27.5 Å². The van der Waals surface area contributed by atoms with Gasteiger partial charge in [0.2, 0.25) is 21.8 Å². The van der Waals surface area contributed by atoms with Crippen molar-refractivity contribution in [3.8, 4) is 5.75 Å². The number of piperidine rings is 1. The number of carbonyl (C=O) groups is 2. The molecule has 1 saturated heterocycles. The standard InChI is InChI=1S/C24H31N3O5S/c1-2-32-22-12-11-20(33(30,31)27-15-7-4-8-16-27)18-21(22)26-23(28)13-14-25-24(29)17-19-9-5-3-6-10-19/h3,5-6,9-12,18H,2,4,7-8,13-17H2,1H3,(H,25,29)(H,26,28). The zero-order valence-corrected chi connectivity index (χ0v) is 19.7. The summed E-state index contributed by atoms with van der Waals surface area (Å²) in [5.74, 6) is -0.112. The van der Waals surface area contributed by atoms with Crippen molar-refractivity contribution in [2.24, 2.45) is 0 Å². The molecule has 33 heavy (non-hydrogen) atoms. The van der Waals surface area contributed by atoms with Crippen molar-refractivity contribution in [3.63, 3.8) is 0 Å². The summed E-state index contributed by atoms with van der Waals surface area (Å²) in [6, 6.07) is 13.9. The van der Waals surface area contributed by atoms with E-state index in [2.05, 4.69) is 10.6 Å². The molecule has 2 aromatic carbocycles. The average molecular weight is 474 g/mol. The molecule has 0 radical (unpaired) electrons. The molecule has 3 rings (SSSR count). The quantitative estimate of drug-likeness (QED) is 0.552. The van der Waals surface area contributed by atoms with Crippen LogP contribution in [0, 0.1) is 0 Å². The first-order valence-corrected chi connectivity index (χ1v) is 12.7. The van der Waals surface area contributed by atoms with Crippen LogP contribution in [-0.2, 0) is 26.0 Å². The Morgan fingerprint density at radius 2 is 1.73 bits per heavy atom. The summed E-state index contributed by atoms with van der Waals surface area (Å²) in [5.41, 5.74) is 1.20. The third-order valence-electron chi connectivity index (χ3n) is 5.36. The maximum atomic E-state index is 13.0. The predicted molar refractivity (Wildman–Crippen MR) is 127 cm³/mol. The van der Waals surface area contributed by atoms with Gasteiger partial charge in [-0.2, -0.15) is 4.31 Å². The van der Waals surface area contributed by atoms with Gasteiger partial charge in [-0.25, -0.2) is 8.42 Å². The fraction of sp³-hybridized carbons (Fsp3) is 0.417. The number of rotatable bonds is 10. The third-order valence-corrected chi connectivity index (χ3v) is 7.25. The van der Waals surface area contributed by atoms with Crippen LogP contribution in [-0.4, -0.2) is 50.8 Å². The Balaban J connectivity index is 1.61. The number of anilines is 1. The van der Waals surface area contributed by atoms with E-state index in [1.54, 1.807) is 6.07 Å². The van der Waals surface area contributed by atoms with Crippen molar-refractivity contribution in [3.05, 3.63) is 54.1 Å². The van der Waals surface area contributed by atoms with E-state index in [4.69, 9.17) is 4.74 Å². The molecule has 1 aliphatic rings. The first-order chi connectivity index (χ1) is 15.9. The van der Waals surface area contributed by atoms with Crippen LogP contribution >= 0.6 is 0 Å². The molecule has 178 valence electrons. The second-order valence-electron chi connectivity index (χ2n) is 7.87. The Hall–Kier alpha value is -2.91. The lowest BCUT2D eigenvalue weighted by atomic mass is 10.1. The van der Waals surface area contributed by atoms with Crippen LogP contribution < -0.4 is 15.4 Å². The number of amides is 2. The molecule has 0 saturated carbocycles. The second kappa shape index (κ2) is 11.8. The van der Waals surface area contributed by atoms with Crippen molar-refractivity contribution in [2.75, 3.05) is 31.6 Å². The molecule has 0 atom stereocenters. The lowest BCUT2D eigenvalue weighted by Gasteiger charge is -2.26. The first-order valence-electron chi connectivity index (χ1n) is 11.3. The monoisotopic (exact) mass is 473 g/mol. The Bertz CT molecular complexity index is 1050. The summed E-state index contributed by atoms with van der Waals surface area (Å²) >= 11 is 0. The van der Waals surface area contributed by atoms with Gasteiger partial charge >= 0.3 is 0 Å². The summed E-state index contributed by atoms with van der Waals surface area (Å²) in [6.07, 6.45) is 3.01. The molecule has 1 fully saturated rings. The van der Waals surface area contributed by atoms with Gasteiger partial charge in [-0.15, -0.1) is 0 Å². The molecule has 2 N–H and O–H groups in total. The molecular weight excluding hydrogens is 442 g/mol. The van der Waals surface area contributed by atoms with E-state index in [0.717, 1.165) is 24.8 Å². The van der Waals surface area contributed by atoms with Crippen LogP contribution in [0.2, 0.25) is 0 Å². The molecule has 0 bridgehead atoms. The van der Waals surface area contributed by atoms with Gasteiger partial charge in [-0.3, -0.25) is 9.59 Å². The molecule has 0 aromatic heterocycles. The number of carbonyl (C=O) groups excluding carboxylic acids is 2. The van der Waals surface area contributed by atoms with E-state index in [9.17, 15) is 18.0 Å². The fourth-order valence-corrected chi connectivity index (χ4v) is 5.22. The highest BCUT2D eigenvalue weighted by molar-refractivity contribution is 7.89. The highest BCUT2D eigenvalue weighted by atomic mass is 32.2. The highest BCUT2D eigenvalue weighted by Gasteiger charge is 2.27. The smallest absolute Gasteiger partial charge is 0.243 e. The Morgan fingerprint density at radius 1 is 1.00 bits per heavy atom. The molecule has 9 heteroatoms. The van der Waals surface area contributed by atoms with Crippen molar-refractivity contribution in [1.29, 1.82) is 0 Å². The van der Waals surface area contributed by atoms with E-state index in [-0.39, 0.29) is 36.1 Å². The molecule has 1 heterocycles. The Morgan fingerprint density at radius 3 is 2.42 bits per heavy atom. The number of sulfonamides is 1.